The highest BCUT2D eigenvalue weighted by Gasteiger charge is 2.34. The second kappa shape index (κ2) is 12.5. The summed E-state index contributed by atoms with van der Waals surface area (Å²) in [6, 6.07) is 15.5. The molecule has 2 rings (SSSR count). The molecule has 8 heteroatoms. The summed E-state index contributed by atoms with van der Waals surface area (Å²) < 4.78 is 5.15. The maximum Gasteiger partial charge on any atom is 0.408 e. The predicted octanol–water partition coefficient (Wildman–Crippen LogP) is 1.81. The number of aliphatic hydroxyl groups excluding tert-OH is 2. The molecule has 0 spiro atoms. The van der Waals surface area contributed by atoms with Gasteiger partial charge in [-0.2, -0.15) is 0 Å². The molecule has 3 unspecified atom stereocenters. The number of aldehydes is 1. The number of rotatable bonds is 11. The summed E-state index contributed by atoms with van der Waals surface area (Å²) >= 11 is 0. The number of amides is 2. The summed E-state index contributed by atoms with van der Waals surface area (Å²) in [5.74, 6) is -0.652. The average Bonchev–Trinajstić information content (AvgIpc) is 2.79. The first kappa shape index (κ1) is 24.0. The topological polar surface area (TPSA) is 116 Å². The molecule has 2 aromatic carbocycles. The highest BCUT2D eigenvalue weighted by molar-refractivity contribution is 5.88. The van der Waals surface area contributed by atoms with Crippen LogP contribution < -0.4 is 5.32 Å². The lowest BCUT2D eigenvalue weighted by Crippen LogP contribution is -2.55. The Labute approximate surface area is 181 Å². The molecule has 0 aliphatic rings. The third kappa shape index (κ3) is 7.20. The monoisotopic (exact) mass is 428 g/mol. The molecule has 2 amide bonds. The molecule has 0 fully saturated rings. The van der Waals surface area contributed by atoms with Gasteiger partial charge in [0, 0.05) is 13.2 Å². The Kier molecular flexibility index (Phi) is 9.67. The van der Waals surface area contributed by atoms with Gasteiger partial charge in [0.25, 0.3) is 0 Å². The van der Waals surface area contributed by atoms with Gasteiger partial charge in [-0.1, -0.05) is 60.7 Å². The van der Waals surface area contributed by atoms with E-state index in [1.165, 1.54) is 11.8 Å². The van der Waals surface area contributed by atoms with E-state index in [1.807, 2.05) is 6.07 Å². The minimum Gasteiger partial charge on any atom is -0.445 e. The maximum absolute atomic E-state index is 13.2. The van der Waals surface area contributed by atoms with Crippen molar-refractivity contribution in [3.8, 4) is 0 Å². The highest BCUT2D eigenvalue weighted by atomic mass is 16.5. The second-order valence-corrected chi connectivity index (χ2v) is 7.02. The van der Waals surface area contributed by atoms with E-state index in [0.29, 0.717) is 11.8 Å². The summed E-state index contributed by atoms with van der Waals surface area (Å²) in [5.41, 5.74) is 1.35. The minimum absolute atomic E-state index is 0.00258. The zero-order valence-electron chi connectivity index (χ0n) is 17.4. The first-order chi connectivity index (χ1) is 15.0. The quantitative estimate of drug-likeness (QED) is 0.470. The molecule has 0 aliphatic carbocycles. The van der Waals surface area contributed by atoms with Gasteiger partial charge in [0.1, 0.15) is 25.0 Å². The van der Waals surface area contributed by atoms with Crippen molar-refractivity contribution >= 4 is 18.3 Å². The van der Waals surface area contributed by atoms with Crippen LogP contribution in [0.15, 0.2) is 60.7 Å². The number of carbonyl (C=O) groups is 3. The van der Waals surface area contributed by atoms with Crippen LogP contribution in [0.2, 0.25) is 0 Å². The molecule has 0 bridgehead atoms. The molecule has 3 N–H and O–H groups in total. The summed E-state index contributed by atoms with van der Waals surface area (Å²) in [4.78, 5) is 38.6. The Morgan fingerprint density at radius 2 is 1.71 bits per heavy atom. The molecule has 8 nitrogen and oxygen atoms in total. The van der Waals surface area contributed by atoms with Crippen LogP contribution >= 0.6 is 0 Å². The third-order valence-electron chi connectivity index (χ3n) is 4.68. The van der Waals surface area contributed by atoms with Crippen molar-refractivity contribution in [3.63, 3.8) is 0 Å². The fraction of sp³-hybridized carbons (Fsp3) is 0.348. The molecule has 0 aromatic heterocycles. The Morgan fingerprint density at radius 1 is 1.10 bits per heavy atom. The molecule has 3 atom stereocenters. The number of carbonyl (C=O) groups excluding carboxylic acids is 3. The lowest BCUT2D eigenvalue weighted by atomic mass is 10.0. The number of alkyl carbamates (subject to hydrolysis) is 1. The van der Waals surface area contributed by atoms with Crippen molar-refractivity contribution < 1.29 is 29.3 Å². The summed E-state index contributed by atoms with van der Waals surface area (Å²) in [6.45, 7) is 1.25. The molecule has 0 aliphatic heterocycles. The van der Waals surface area contributed by atoms with Crippen LogP contribution in [0.3, 0.4) is 0 Å². The Balaban J connectivity index is 2.15. The number of aliphatic hydroxyl groups is 2. The van der Waals surface area contributed by atoms with Crippen molar-refractivity contribution in [3.05, 3.63) is 71.8 Å². The number of ether oxygens (including phenoxy) is 1. The fourth-order valence-corrected chi connectivity index (χ4v) is 3.07. The first-order valence-corrected chi connectivity index (χ1v) is 10.0. The molecule has 166 valence electrons. The van der Waals surface area contributed by atoms with E-state index in [0.717, 1.165) is 5.56 Å². The number of hydrogen-bond donors (Lipinski definition) is 3. The molecule has 2 aromatic rings. The Bertz CT molecular complexity index is 828. The number of nitrogens with one attached hydrogen (secondary N) is 1. The number of nitrogens with zero attached hydrogens (tertiary/aromatic N) is 1. The molecule has 31 heavy (non-hydrogen) atoms. The van der Waals surface area contributed by atoms with Crippen molar-refractivity contribution in [1.29, 1.82) is 0 Å². The van der Waals surface area contributed by atoms with Gasteiger partial charge in [0.2, 0.25) is 5.91 Å². The average molecular weight is 428 g/mol. The van der Waals surface area contributed by atoms with Crippen molar-refractivity contribution in [1.82, 2.24) is 10.2 Å². The van der Waals surface area contributed by atoms with Gasteiger partial charge >= 0.3 is 6.09 Å². The van der Waals surface area contributed by atoms with Crippen LogP contribution in [0.1, 0.15) is 30.5 Å². The summed E-state index contributed by atoms with van der Waals surface area (Å²) in [7, 11) is 0. The largest absolute Gasteiger partial charge is 0.445 e. The lowest BCUT2D eigenvalue weighted by Gasteiger charge is -2.33. The van der Waals surface area contributed by atoms with Crippen LogP contribution in [0, 0.1) is 0 Å². The van der Waals surface area contributed by atoms with E-state index in [4.69, 9.17) is 4.74 Å². The predicted molar refractivity (Wildman–Crippen MR) is 114 cm³/mol. The molecule has 0 heterocycles. The third-order valence-corrected chi connectivity index (χ3v) is 4.68. The van der Waals surface area contributed by atoms with Crippen LogP contribution in [-0.4, -0.2) is 58.7 Å². The lowest BCUT2D eigenvalue weighted by molar-refractivity contribution is -0.141. The van der Waals surface area contributed by atoms with E-state index in [9.17, 15) is 24.6 Å². The van der Waals surface area contributed by atoms with E-state index in [2.05, 4.69) is 5.32 Å². The zero-order chi connectivity index (χ0) is 22.6. The Morgan fingerprint density at radius 3 is 2.26 bits per heavy atom. The van der Waals surface area contributed by atoms with Gasteiger partial charge in [0.05, 0.1) is 6.10 Å². The van der Waals surface area contributed by atoms with E-state index < -0.39 is 30.2 Å². The molecular weight excluding hydrogens is 400 g/mol. The van der Waals surface area contributed by atoms with Crippen molar-refractivity contribution in [2.24, 2.45) is 0 Å². The van der Waals surface area contributed by atoms with Crippen LogP contribution in [0.4, 0.5) is 4.79 Å². The van der Waals surface area contributed by atoms with Gasteiger partial charge in [-0.15, -0.1) is 0 Å². The van der Waals surface area contributed by atoms with Crippen LogP contribution in [0.5, 0.6) is 0 Å². The van der Waals surface area contributed by atoms with Gasteiger partial charge < -0.3 is 30.0 Å². The van der Waals surface area contributed by atoms with Gasteiger partial charge in [-0.05, 0) is 24.5 Å². The van der Waals surface area contributed by atoms with Crippen LogP contribution in [0.25, 0.3) is 0 Å². The SMILES string of the molecule is CC(O)C(NC(=O)OCc1ccccc1)C(=O)N(CCCO)C(C=O)c1ccccc1. The Hall–Kier alpha value is -3.23. The minimum atomic E-state index is -1.33. The smallest absolute Gasteiger partial charge is 0.408 e. The molecule has 0 radical (unpaired) electrons. The first-order valence-electron chi connectivity index (χ1n) is 10.0. The van der Waals surface area contributed by atoms with E-state index in [-0.39, 0.29) is 26.2 Å². The van der Waals surface area contributed by atoms with Gasteiger partial charge in [0.15, 0.2) is 0 Å². The maximum atomic E-state index is 13.2. The second-order valence-electron chi connectivity index (χ2n) is 7.02. The van der Waals surface area contributed by atoms with Gasteiger partial charge in [-0.25, -0.2) is 4.79 Å². The van der Waals surface area contributed by atoms with Crippen LogP contribution in [-0.2, 0) is 20.9 Å². The van der Waals surface area contributed by atoms with E-state index >= 15 is 0 Å². The molecular formula is C23H28N2O6. The van der Waals surface area contributed by atoms with Gasteiger partial charge in [-0.3, -0.25) is 4.79 Å². The number of hydrogen-bond acceptors (Lipinski definition) is 6. The highest BCUT2D eigenvalue weighted by Crippen LogP contribution is 2.20. The van der Waals surface area contributed by atoms with Crippen molar-refractivity contribution in [2.45, 2.75) is 38.1 Å². The van der Waals surface area contributed by atoms with E-state index in [1.54, 1.807) is 54.6 Å². The number of benzene rings is 2. The molecule has 0 saturated heterocycles. The molecule has 0 saturated carbocycles. The zero-order valence-corrected chi connectivity index (χ0v) is 17.4. The summed E-state index contributed by atoms with van der Waals surface area (Å²) in [5, 5.41) is 21.8. The standard InChI is InChI=1S/C23H28N2O6/c1-17(28)21(24-23(30)31-16-18-9-4-2-5-10-18)22(29)25(13-8-14-26)20(15-27)19-11-6-3-7-12-19/h2-7,9-12,15,17,20-21,26,28H,8,13-14,16H2,1H3,(H,24,30). The normalized spacial score (nSPS) is 13.5. The fourth-order valence-electron chi connectivity index (χ4n) is 3.07. The summed E-state index contributed by atoms with van der Waals surface area (Å²) in [6.07, 6.45) is -1.25. The van der Waals surface area contributed by atoms with Crippen molar-refractivity contribution in [2.75, 3.05) is 13.2 Å².